The van der Waals surface area contributed by atoms with Crippen molar-refractivity contribution in [1.29, 1.82) is 0 Å². The minimum Gasteiger partial charge on any atom is -0.339 e. The first-order valence-corrected chi connectivity index (χ1v) is 5.60. The lowest BCUT2D eigenvalue weighted by Gasteiger charge is -1.88. The molecule has 0 aromatic carbocycles. The molecule has 0 spiro atoms. The molecule has 0 fully saturated rings. The highest BCUT2D eigenvalue weighted by Crippen LogP contribution is 2.18. The molecule has 0 aliphatic carbocycles. The molecule has 2 rings (SSSR count). The van der Waals surface area contributed by atoms with Crippen LogP contribution in [0, 0.1) is 0 Å². The van der Waals surface area contributed by atoms with Crippen molar-refractivity contribution in [2.45, 2.75) is 19.8 Å². The molecule has 0 atom stereocenters. The molecule has 5 heteroatoms. The van der Waals surface area contributed by atoms with E-state index in [1.54, 1.807) is 11.3 Å². The topological polar surface area (TPSA) is 56.0 Å². The van der Waals surface area contributed by atoms with E-state index < -0.39 is 0 Å². The van der Waals surface area contributed by atoms with Crippen LogP contribution in [0.1, 0.15) is 19.2 Å². The predicted octanol–water partition coefficient (Wildman–Crippen LogP) is 2.32. The maximum absolute atomic E-state index is 11.2. The Morgan fingerprint density at radius 1 is 1.60 bits per heavy atom. The number of nitrogens with zero attached hydrogens (tertiary/aromatic N) is 2. The first kappa shape index (κ1) is 10.0. The van der Waals surface area contributed by atoms with Gasteiger partial charge in [0.1, 0.15) is 5.78 Å². The fourth-order valence-corrected chi connectivity index (χ4v) is 1.76. The molecule has 15 heavy (non-hydrogen) atoms. The maximum Gasteiger partial charge on any atom is 0.234 e. The Hall–Kier alpha value is -1.49. The summed E-state index contributed by atoms with van der Waals surface area (Å²) in [5.74, 6) is 1.05. The Morgan fingerprint density at radius 2 is 2.47 bits per heavy atom. The molecule has 0 aliphatic rings. The minimum atomic E-state index is 0.107. The van der Waals surface area contributed by atoms with Crippen LogP contribution in [0.2, 0.25) is 0 Å². The van der Waals surface area contributed by atoms with Crippen molar-refractivity contribution in [3.8, 4) is 11.4 Å². The van der Waals surface area contributed by atoms with Gasteiger partial charge in [-0.3, -0.25) is 4.79 Å². The van der Waals surface area contributed by atoms with Crippen LogP contribution in [0.5, 0.6) is 0 Å². The summed E-state index contributed by atoms with van der Waals surface area (Å²) in [7, 11) is 0. The Labute approximate surface area is 90.9 Å². The first-order valence-electron chi connectivity index (χ1n) is 4.66. The van der Waals surface area contributed by atoms with Gasteiger partial charge in [-0.2, -0.15) is 16.3 Å². The SMILES string of the molecule is CCC(=O)Cc1nc(-c2ccsc2)no1. The van der Waals surface area contributed by atoms with Crippen LogP contribution in [0.15, 0.2) is 21.3 Å². The average Bonchev–Trinajstić information content (AvgIpc) is 2.85. The van der Waals surface area contributed by atoms with Crippen molar-refractivity contribution >= 4 is 17.1 Å². The molecular weight excluding hydrogens is 212 g/mol. The van der Waals surface area contributed by atoms with Crippen LogP contribution in [-0.2, 0) is 11.2 Å². The summed E-state index contributed by atoms with van der Waals surface area (Å²) in [6.07, 6.45) is 0.726. The molecule has 4 nitrogen and oxygen atoms in total. The molecule has 0 unspecified atom stereocenters. The number of aromatic nitrogens is 2. The summed E-state index contributed by atoms with van der Waals surface area (Å²) in [5.41, 5.74) is 0.930. The smallest absolute Gasteiger partial charge is 0.234 e. The second-order valence-corrected chi connectivity index (χ2v) is 3.87. The van der Waals surface area contributed by atoms with E-state index >= 15 is 0 Å². The van der Waals surface area contributed by atoms with Crippen LogP contribution in [0.4, 0.5) is 0 Å². The zero-order chi connectivity index (χ0) is 10.7. The van der Waals surface area contributed by atoms with Gasteiger partial charge in [-0.15, -0.1) is 0 Å². The van der Waals surface area contributed by atoms with E-state index in [2.05, 4.69) is 10.1 Å². The van der Waals surface area contributed by atoms with Crippen molar-refractivity contribution in [1.82, 2.24) is 10.1 Å². The van der Waals surface area contributed by atoms with E-state index in [9.17, 15) is 4.79 Å². The Bertz CT molecular complexity index is 448. The van der Waals surface area contributed by atoms with Gasteiger partial charge in [-0.05, 0) is 11.4 Å². The van der Waals surface area contributed by atoms with Crippen molar-refractivity contribution < 1.29 is 9.32 Å². The zero-order valence-corrected chi connectivity index (χ0v) is 9.08. The summed E-state index contributed by atoms with van der Waals surface area (Å²) in [6, 6.07) is 1.92. The molecule has 2 heterocycles. The minimum absolute atomic E-state index is 0.107. The number of rotatable bonds is 4. The Kier molecular flexibility index (Phi) is 2.91. The van der Waals surface area contributed by atoms with E-state index in [1.807, 2.05) is 23.8 Å². The third-order valence-electron chi connectivity index (χ3n) is 1.99. The number of thiophene rings is 1. The first-order chi connectivity index (χ1) is 7.29. The van der Waals surface area contributed by atoms with Gasteiger partial charge in [0, 0.05) is 17.4 Å². The van der Waals surface area contributed by atoms with E-state index in [1.165, 1.54) is 0 Å². The van der Waals surface area contributed by atoms with Crippen LogP contribution in [0.3, 0.4) is 0 Å². The lowest BCUT2D eigenvalue weighted by atomic mass is 10.2. The summed E-state index contributed by atoms with van der Waals surface area (Å²) in [4.78, 5) is 15.3. The monoisotopic (exact) mass is 222 g/mol. The quantitative estimate of drug-likeness (QED) is 0.796. The van der Waals surface area contributed by atoms with Gasteiger partial charge in [0.2, 0.25) is 11.7 Å². The number of ketones is 1. The molecule has 0 bridgehead atoms. The van der Waals surface area contributed by atoms with Crippen molar-refractivity contribution in [2.75, 3.05) is 0 Å². The second-order valence-electron chi connectivity index (χ2n) is 3.09. The summed E-state index contributed by atoms with van der Waals surface area (Å²) >= 11 is 1.57. The second kappa shape index (κ2) is 4.35. The van der Waals surface area contributed by atoms with Gasteiger partial charge in [0.25, 0.3) is 0 Å². The van der Waals surface area contributed by atoms with E-state index in [0.717, 1.165) is 5.56 Å². The van der Waals surface area contributed by atoms with Crippen LogP contribution in [0.25, 0.3) is 11.4 Å². The Balaban J connectivity index is 2.14. The number of hydrogen-bond donors (Lipinski definition) is 0. The van der Waals surface area contributed by atoms with Gasteiger partial charge >= 0.3 is 0 Å². The number of carbonyl (C=O) groups is 1. The van der Waals surface area contributed by atoms with Crippen LogP contribution < -0.4 is 0 Å². The standard InChI is InChI=1S/C10H10N2O2S/c1-2-8(13)5-9-11-10(12-14-9)7-3-4-15-6-7/h3-4,6H,2,5H2,1H3. The van der Waals surface area contributed by atoms with E-state index in [0.29, 0.717) is 18.1 Å². The molecule has 2 aromatic heterocycles. The number of carbonyl (C=O) groups excluding carboxylic acids is 1. The lowest BCUT2D eigenvalue weighted by molar-refractivity contribution is -0.118. The third kappa shape index (κ3) is 2.30. The summed E-state index contributed by atoms with van der Waals surface area (Å²) in [5, 5.41) is 7.70. The molecule has 78 valence electrons. The molecule has 2 aromatic rings. The molecule has 0 N–H and O–H groups in total. The average molecular weight is 222 g/mol. The number of hydrogen-bond acceptors (Lipinski definition) is 5. The third-order valence-corrected chi connectivity index (χ3v) is 2.67. The highest BCUT2D eigenvalue weighted by molar-refractivity contribution is 7.08. The van der Waals surface area contributed by atoms with Crippen LogP contribution in [-0.4, -0.2) is 15.9 Å². The van der Waals surface area contributed by atoms with Gasteiger partial charge in [0.15, 0.2) is 0 Å². The molecule has 0 radical (unpaired) electrons. The molecule has 0 saturated heterocycles. The molecule has 0 amide bonds. The lowest BCUT2D eigenvalue weighted by Crippen LogP contribution is -2.00. The van der Waals surface area contributed by atoms with Gasteiger partial charge in [-0.1, -0.05) is 12.1 Å². The van der Waals surface area contributed by atoms with Gasteiger partial charge in [0.05, 0.1) is 6.42 Å². The van der Waals surface area contributed by atoms with E-state index in [4.69, 9.17) is 4.52 Å². The zero-order valence-electron chi connectivity index (χ0n) is 8.27. The fraction of sp³-hybridized carbons (Fsp3) is 0.300. The van der Waals surface area contributed by atoms with E-state index in [-0.39, 0.29) is 12.2 Å². The largest absolute Gasteiger partial charge is 0.339 e. The normalized spacial score (nSPS) is 10.5. The van der Waals surface area contributed by atoms with Crippen molar-refractivity contribution in [3.63, 3.8) is 0 Å². The number of Topliss-reactive ketones (excluding diaryl/α,β-unsaturated/α-hetero) is 1. The van der Waals surface area contributed by atoms with Gasteiger partial charge in [-0.25, -0.2) is 0 Å². The maximum atomic E-state index is 11.2. The molecule has 0 aliphatic heterocycles. The molecule has 0 saturated carbocycles. The van der Waals surface area contributed by atoms with Crippen LogP contribution >= 0.6 is 11.3 Å². The predicted molar refractivity (Wildman–Crippen MR) is 56.6 cm³/mol. The fourth-order valence-electron chi connectivity index (χ4n) is 1.13. The highest BCUT2D eigenvalue weighted by Gasteiger charge is 2.11. The Morgan fingerprint density at radius 3 is 3.13 bits per heavy atom. The van der Waals surface area contributed by atoms with Crippen molar-refractivity contribution in [3.05, 3.63) is 22.7 Å². The summed E-state index contributed by atoms with van der Waals surface area (Å²) < 4.78 is 4.98. The van der Waals surface area contributed by atoms with Crippen molar-refractivity contribution in [2.24, 2.45) is 0 Å². The molecular formula is C10H10N2O2S. The summed E-state index contributed by atoms with van der Waals surface area (Å²) in [6.45, 7) is 1.82. The highest BCUT2D eigenvalue weighted by atomic mass is 32.1. The van der Waals surface area contributed by atoms with Gasteiger partial charge < -0.3 is 4.52 Å².